The van der Waals surface area contributed by atoms with Gasteiger partial charge in [0.2, 0.25) is 0 Å². The van der Waals surface area contributed by atoms with Gasteiger partial charge in [0.05, 0.1) is 0 Å². The summed E-state index contributed by atoms with van der Waals surface area (Å²) in [6, 6.07) is 60.6. The normalized spacial score (nSPS) is 14.1. The van der Waals surface area contributed by atoms with Crippen molar-refractivity contribution in [2.75, 3.05) is 4.90 Å². The number of fused-ring (bicyclic) bond motifs is 6. The molecule has 0 N–H and O–H groups in total. The van der Waals surface area contributed by atoms with Crippen molar-refractivity contribution in [3.8, 4) is 56.4 Å². The molecular formula is C51H40N4. The molecule has 2 aliphatic carbocycles. The van der Waals surface area contributed by atoms with Crippen molar-refractivity contribution in [2.24, 2.45) is 0 Å². The van der Waals surface area contributed by atoms with Gasteiger partial charge in [-0.15, -0.1) is 0 Å². The number of hydrogen-bond donors (Lipinski definition) is 0. The van der Waals surface area contributed by atoms with Gasteiger partial charge < -0.3 is 4.90 Å². The molecule has 264 valence electrons. The first-order valence-electron chi connectivity index (χ1n) is 19.0. The topological polar surface area (TPSA) is 41.9 Å². The molecule has 0 amide bonds. The van der Waals surface area contributed by atoms with Crippen LogP contribution in [0.15, 0.2) is 170 Å². The van der Waals surface area contributed by atoms with Crippen LogP contribution >= 0.6 is 0 Å². The lowest BCUT2D eigenvalue weighted by atomic mass is 9.82. The molecular weight excluding hydrogens is 669 g/mol. The first-order valence-corrected chi connectivity index (χ1v) is 19.0. The maximum Gasteiger partial charge on any atom is 0.164 e. The smallest absolute Gasteiger partial charge is 0.164 e. The summed E-state index contributed by atoms with van der Waals surface area (Å²) in [6.07, 6.45) is 0. The average Bonchev–Trinajstić information content (AvgIpc) is 3.61. The molecule has 55 heavy (non-hydrogen) atoms. The van der Waals surface area contributed by atoms with Gasteiger partial charge in [0.15, 0.2) is 17.5 Å². The summed E-state index contributed by atoms with van der Waals surface area (Å²) in [5.74, 6) is 1.94. The van der Waals surface area contributed by atoms with E-state index in [1.807, 2.05) is 60.7 Å². The quantitative estimate of drug-likeness (QED) is 0.172. The molecule has 1 aromatic heterocycles. The zero-order valence-electron chi connectivity index (χ0n) is 31.5. The Labute approximate surface area is 322 Å². The zero-order chi connectivity index (χ0) is 37.3. The lowest BCUT2D eigenvalue weighted by molar-refractivity contribution is 0.660. The summed E-state index contributed by atoms with van der Waals surface area (Å²) in [4.78, 5) is 17.3. The fourth-order valence-corrected chi connectivity index (χ4v) is 8.81. The second-order valence-corrected chi connectivity index (χ2v) is 15.7. The molecule has 1 heterocycles. The lowest BCUT2D eigenvalue weighted by Crippen LogP contribution is -2.18. The molecule has 4 nitrogen and oxygen atoms in total. The predicted molar refractivity (Wildman–Crippen MR) is 226 cm³/mol. The van der Waals surface area contributed by atoms with Crippen LogP contribution in [0, 0.1) is 0 Å². The van der Waals surface area contributed by atoms with E-state index in [2.05, 4.69) is 142 Å². The summed E-state index contributed by atoms with van der Waals surface area (Å²) < 4.78 is 0. The Hall–Kier alpha value is -6.65. The molecule has 0 saturated carbocycles. The molecule has 0 radical (unpaired) electrons. The maximum atomic E-state index is 5.00. The third-order valence-electron chi connectivity index (χ3n) is 11.7. The predicted octanol–water partition coefficient (Wildman–Crippen LogP) is 13.0. The Kier molecular flexibility index (Phi) is 7.47. The minimum atomic E-state index is -0.120. The molecule has 4 heteroatoms. The summed E-state index contributed by atoms with van der Waals surface area (Å²) >= 11 is 0. The standard InChI is InChI=1S/C51H40N4/c1-50(2)43-21-13-11-19-39(43)41-29-27-37(31-45(41)50)55(38-28-30-42-40-20-12-14-22-44(40)51(3,4)46(42)32-38)36-25-23-35(24-26-36)49-53-47(33-15-7-5-8-16-33)52-48(54-49)34-17-9-6-10-18-34/h5-32H,1-4H3. The first kappa shape index (κ1) is 33.0. The third-order valence-corrected chi connectivity index (χ3v) is 11.7. The van der Waals surface area contributed by atoms with E-state index in [1.54, 1.807) is 0 Å². The van der Waals surface area contributed by atoms with Gasteiger partial charge in [-0.1, -0.05) is 149 Å². The first-order chi connectivity index (χ1) is 26.8. The van der Waals surface area contributed by atoms with Crippen LogP contribution in [0.1, 0.15) is 49.9 Å². The Balaban J connectivity index is 1.11. The number of hydrogen-bond acceptors (Lipinski definition) is 4. The summed E-state index contributed by atoms with van der Waals surface area (Å²) in [7, 11) is 0. The minimum Gasteiger partial charge on any atom is -0.310 e. The number of anilines is 3. The Morgan fingerprint density at radius 2 is 0.673 bits per heavy atom. The van der Waals surface area contributed by atoms with Crippen molar-refractivity contribution in [3.05, 3.63) is 192 Å². The molecule has 10 rings (SSSR count). The van der Waals surface area contributed by atoms with E-state index in [0.29, 0.717) is 17.5 Å². The van der Waals surface area contributed by atoms with Crippen LogP contribution in [-0.4, -0.2) is 15.0 Å². The largest absolute Gasteiger partial charge is 0.310 e. The second kappa shape index (κ2) is 12.5. The van der Waals surface area contributed by atoms with Crippen molar-refractivity contribution in [1.29, 1.82) is 0 Å². The fraction of sp³-hybridized carbons (Fsp3) is 0.118. The molecule has 0 fully saturated rings. The SMILES string of the molecule is CC1(C)c2ccccc2-c2ccc(N(c3ccc(-c4nc(-c5ccccc5)nc(-c5ccccc5)n4)cc3)c3ccc4c(c3)C(C)(C)c3ccccc3-4)cc21. The number of nitrogens with zero attached hydrogens (tertiary/aromatic N) is 4. The maximum absolute atomic E-state index is 5.00. The molecule has 0 unspecified atom stereocenters. The highest BCUT2D eigenvalue weighted by atomic mass is 15.1. The minimum absolute atomic E-state index is 0.120. The zero-order valence-corrected chi connectivity index (χ0v) is 31.5. The highest BCUT2D eigenvalue weighted by Crippen LogP contribution is 2.53. The van der Waals surface area contributed by atoms with E-state index in [1.165, 1.54) is 44.5 Å². The molecule has 7 aromatic carbocycles. The van der Waals surface area contributed by atoms with E-state index in [0.717, 1.165) is 33.8 Å². The number of aromatic nitrogens is 3. The van der Waals surface area contributed by atoms with E-state index in [4.69, 9.17) is 15.0 Å². The summed E-state index contributed by atoms with van der Waals surface area (Å²) in [5, 5.41) is 0. The molecule has 0 saturated heterocycles. The van der Waals surface area contributed by atoms with Gasteiger partial charge in [0.1, 0.15) is 0 Å². The van der Waals surface area contributed by atoms with Gasteiger partial charge in [-0.3, -0.25) is 0 Å². The summed E-state index contributed by atoms with van der Waals surface area (Å²) in [5.41, 5.74) is 16.6. The van der Waals surface area contributed by atoms with Crippen LogP contribution in [0.4, 0.5) is 17.1 Å². The Morgan fingerprint density at radius 1 is 0.327 bits per heavy atom. The molecule has 2 aliphatic rings. The van der Waals surface area contributed by atoms with Crippen molar-refractivity contribution >= 4 is 17.1 Å². The van der Waals surface area contributed by atoms with Crippen molar-refractivity contribution in [2.45, 2.75) is 38.5 Å². The third kappa shape index (κ3) is 5.32. The molecule has 0 spiro atoms. The van der Waals surface area contributed by atoms with E-state index in [-0.39, 0.29) is 10.8 Å². The van der Waals surface area contributed by atoms with Gasteiger partial charge in [-0.2, -0.15) is 0 Å². The number of rotatable bonds is 6. The van der Waals surface area contributed by atoms with Gasteiger partial charge in [-0.05, 0) is 93.0 Å². The van der Waals surface area contributed by atoms with Crippen LogP contribution in [-0.2, 0) is 10.8 Å². The summed E-state index contributed by atoms with van der Waals surface area (Å²) in [6.45, 7) is 9.38. The highest BCUT2D eigenvalue weighted by molar-refractivity contribution is 5.88. The van der Waals surface area contributed by atoms with Crippen LogP contribution in [0.5, 0.6) is 0 Å². The lowest BCUT2D eigenvalue weighted by Gasteiger charge is -2.30. The Bertz CT molecular complexity index is 2580. The second-order valence-electron chi connectivity index (χ2n) is 15.7. The molecule has 8 aromatic rings. The van der Waals surface area contributed by atoms with E-state index < -0.39 is 0 Å². The molecule has 0 aliphatic heterocycles. The van der Waals surface area contributed by atoms with Crippen molar-refractivity contribution in [1.82, 2.24) is 15.0 Å². The average molecular weight is 709 g/mol. The van der Waals surface area contributed by atoms with Crippen molar-refractivity contribution < 1.29 is 0 Å². The monoisotopic (exact) mass is 708 g/mol. The molecule has 0 bridgehead atoms. The Morgan fingerprint density at radius 3 is 1.11 bits per heavy atom. The fourth-order valence-electron chi connectivity index (χ4n) is 8.81. The van der Waals surface area contributed by atoms with Crippen LogP contribution in [0.2, 0.25) is 0 Å². The number of benzene rings is 7. The highest BCUT2D eigenvalue weighted by Gasteiger charge is 2.37. The van der Waals surface area contributed by atoms with Crippen LogP contribution < -0.4 is 4.90 Å². The van der Waals surface area contributed by atoms with E-state index >= 15 is 0 Å². The van der Waals surface area contributed by atoms with Gasteiger partial charge in [0, 0.05) is 44.6 Å². The van der Waals surface area contributed by atoms with Crippen LogP contribution in [0.25, 0.3) is 56.4 Å². The van der Waals surface area contributed by atoms with Gasteiger partial charge in [-0.25, -0.2) is 15.0 Å². The van der Waals surface area contributed by atoms with Gasteiger partial charge in [0.25, 0.3) is 0 Å². The molecule has 0 atom stereocenters. The van der Waals surface area contributed by atoms with E-state index in [9.17, 15) is 0 Å². The van der Waals surface area contributed by atoms with Crippen LogP contribution in [0.3, 0.4) is 0 Å². The van der Waals surface area contributed by atoms with Gasteiger partial charge >= 0.3 is 0 Å². The van der Waals surface area contributed by atoms with Crippen molar-refractivity contribution in [3.63, 3.8) is 0 Å².